The number of aryl methyl sites for hydroxylation is 1. The summed E-state index contributed by atoms with van der Waals surface area (Å²) in [5.41, 5.74) is 2.35. The van der Waals surface area contributed by atoms with Gasteiger partial charge in [0.2, 0.25) is 11.8 Å². The molecule has 2 aliphatic rings. The molecule has 1 N–H and O–H groups in total. The molecule has 1 aromatic carbocycles. The van der Waals surface area contributed by atoms with Crippen molar-refractivity contribution in [2.45, 2.75) is 50.1 Å². The van der Waals surface area contributed by atoms with E-state index in [4.69, 9.17) is 0 Å². The van der Waals surface area contributed by atoms with Crippen molar-refractivity contribution in [2.75, 3.05) is 5.75 Å². The topological polar surface area (TPSA) is 49.4 Å². The highest BCUT2D eigenvalue weighted by atomic mass is 32.2. The van der Waals surface area contributed by atoms with Gasteiger partial charge in [-0.05, 0) is 42.3 Å². The molecule has 2 saturated heterocycles. The number of benzene rings is 1. The van der Waals surface area contributed by atoms with Crippen molar-refractivity contribution in [2.24, 2.45) is 0 Å². The number of thiophene rings is 1. The summed E-state index contributed by atoms with van der Waals surface area (Å²) in [6, 6.07) is 11.9. The molecule has 142 valence electrons. The molecule has 3 heterocycles. The van der Waals surface area contributed by atoms with Gasteiger partial charge in [0.25, 0.3) is 0 Å². The SMILES string of the molecule is CCc1ccc([C@H](NC(=O)[C@@H]2CS[C@@]3(C)CCC(=O)N23)c2cccs2)cc1. The maximum Gasteiger partial charge on any atom is 0.244 e. The van der Waals surface area contributed by atoms with Gasteiger partial charge in [-0.3, -0.25) is 9.59 Å². The minimum atomic E-state index is -0.382. The smallest absolute Gasteiger partial charge is 0.244 e. The van der Waals surface area contributed by atoms with Crippen LogP contribution in [0.25, 0.3) is 0 Å². The van der Waals surface area contributed by atoms with Gasteiger partial charge in [-0.25, -0.2) is 0 Å². The molecule has 3 atom stereocenters. The highest BCUT2D eigenvalue weighted by Crippen LogP contribution is 2.47. The summed E-state index contributed by atoms with van der Waals surface area (Å²) in [6.07, 6.45) is 2.36. The highest BCUT2D eigenvalue weighted by Gasteiger charge is 2.53. The number of thioether (sulfide) groups is 1. The molecule has 4 rings (SSSR count). The zero-order chi connectivity index (χ0) is 19.0. The summed E-state index contributed by atoms with van der Waals surface area (Å²) >= 11 is 3.37. The van der Waals surface area contributed by atoms with Crippen LogP contribution in [-0.4, -0.2) is 33.4 Å². The Morgan fingerprint density at radius 2 is 2.11 bits per heavy atom. The fourth-order valence-electron chi connectivity index (χ4n) is 3.97. The maximum atomic E-state index is 13.2. The van der Waals surface area contributed by atoms with E-state index >= 15 is 0 Å². The molecular weight excluding hydrogens is 376 g/mol. The van der Waals surface area contributed by atoms with Gasteiger partial charge in [-0.15, -0.1) is 23.1 Å². The van der Waals surface area contributed by atoms with Gasteiger partial charge >= 0.3 is 0 Å². The monoisotopic (exact) mass is 400 g/mol. The minimum Gasteiger partial charge on any atom is -0.343 e. The molecule has 27 heavy (non-hydrogen) atoms. The number of hydrogen-bond acceptors (Lipinski definition) is 4. The first kappa shape index (κ1) is 18.6. The van der Waals surface area contributed by atoms with E-state index in [0.29, 0.717) is 12.2 Å². The molecule has 0 aliphatic carbocycles. The molecule has 0 spiro atoms. The highest BCUT2D eigenvalue weighted by molar-refractivity contribution is 8.01. The van der Waals surface area contributed by atoms with Crippen LogP contribution in [0.3, 0.4) is 0 Å². The summed E-state index contributed by atoms with van der Waals surface area (Å²) in [5, 5.41) is 5.26. The van der Waals surface area contributed by atoms with E-state index in [0.717, 1.165) is 23.3 Å². The lowest BCUT2D eigenvalue weighted by Crippen LogP contribution is -2.50. The molecule has 2 amide bonds. The zero-order valence-electron chi connectivity index (χ0n) is 15.6. The van der Waals surface area contributed by atoms with Gasteiger partial charge < -0.3 is 10.2 Å². The Morgan fingerprint density at radius 3 is 2.78 bits per heavy atom. The number of carbonyl (C=O) groups is 2. The largest absolute Gasteiger partial charge is 0.343 e. The van der Waals surface area contributed by atoms with Crippen molar-refractivity contribution >= 4 is 34.9 Å². The molecule has 0 unspecified atom stereocenters. The number of hydrogen-bond donors (Lipinski definition) is 1. The Kier molecular flexibility index (Phi) is 5.03. The van der Waals surface area contributed by atoms with Crippen LogP contribution in [0.1, 0.15) is 48.7 Å². The van der Waals surface area contributed by atoms with Crippen LogP contribution in [0.5, 0.6) is 0 Å². The fourth-order valence-corrected chi connectivity index (χ4v) is 6.21. The summed E-state index contributed by atoms with van der Waals surface area (Å²) in [7, 11) is 0. The number of carbonyl (C=O) groups excluding carboxylic acids is 2. The molecule has 0 bridgehead atoms. The van der Waals surface area contributed by atoms with Gasteiger partial charge in [0, 0.05) is 17.1 Å². The quantitative estimate of drug-likeness (QED) is 0.826. The average molecular weight is 401 g/mol. The van der Waals surface area contributed by atoms with Crippen LogP contribution < -0.4 is 5.32 Å². The molecule has 2 fully saturated rings. The Hall–Kier alpha value is -1.79. The first-order valence-electron chi connectivity index (χ1n) is 9.40. The lowest BCUT2D eigenvalue weighted by Gasteiger charge is -2.31. The standard InChI is InChI=1S/C21H24N2O2S2/c1-3-14-6-8-15(9-7-14)19(17-5-4-12-26-17)22-20(25)16-13-27-21(2)11-10-18(24)23(16)21/h4-9,12,16,19H,3,10-11,13H2,1-2H3,(H,22,25)/t16-,19-,21-/m0/s1. The van der Waals surface area contributed by atoms with Crippen LogP contribution in [0.2, 0.25) is 0 Å². The summed E-state index contributed by atoms with van der Waals surface area (Å²) in [5.74, 6) is 0.710. The summed E-state index contributed by atoms with van der Waals surface area (Å²) in [4.78, 5) is 28.2. The van der Waals surface area contributed by atoms with Gasteiger partial charge in [0.05, 0.1) is 10.9 Å². The van der Waals surface area contributed by atoms with Gasteiger partial charge in [-0.2, -0.15) is 0 Å². The van der Waals surface area contributed by atoms with Crippen molar-refractivity contribution in [3.63, 3.8) is 0 Å². The van der Waals surface area contributed by atoms with E-state index in [2.05, 4.69) is 49.5 Å². The van der Waals surface area contributed by atoms with E-state index in [9.17, 15) is 9.59 Å². The van der Waals surface area contributed by atoms with Gasteiger partial charge in [0.1, 0.15) is 6.04 Å². The first-order valence-corrected chi connectivity index (χ1v) is 11.3. The third kappa shape index (κ3) is 3.41. The lowest BCUT2D eigenvalue weighted by molar-refractivity contribution is -0.138. The van der Waals surface area contributed by atoms with E-state index in [-0.39, 0.29) is 28.8 Å². The zero-order valence-corrected chi connectivity index (χ0v) is 17.2. The second-order valence-corrected chi connectivity index (χ2v) is 9.80. The van der Waals surface area contributed by atoms with Gasteiger partial charge in [-0.1, -0.05) is 37.3 Å². The second-order valence-electron chi connectivity index (χ2n) is 7.32. The average Bonchev–Trinajstić information content (AvgIpc) is 3.38. The first-order chi connectivity index (χ1) is 13.0. The Morgan fingerprint density at radius 1 is 1.33 bits per heavy atom. The third-order valence-electron chi connectivity index (χ3n) is 5.58. The van der Waals surface area contributed by atoms with Crippen LogP contribution in [0, 0.1) is 0 Å². The van der Waals surface area contributed by atoms with Crippen LogP contribution in [-0.2, 0) is 16.0 Å². The Balaban J connectivity index is 1.58. The van der Waals surface area contributed by atoms with Crippen LogP contribution >= 0.6 is 23.1 Å². The number of fused-ring (bicyclic) bond motifs is 1. The van der Waals surface area contributed by atoms with Crippen molar-refractivity contribution in [3.05, 3.63) is 57.8 Å². The molecule has 2 aliphatic heterocycles. The minimum absolute atomic E-state index is 0.0561. The Bertz CT molecular complexity index is 834. The second kappa shape index (κ2) is 7.32. The maximum absolute atomic E-state index is 13.2. The number of amides is 2. The van der Waals surface area contributed by atoms with Crippen molar-refractivity contribution in [1.29, 1.82) is 0 Å². The fraction of sp³-hybridized carbons (Fsp3) is 0.429. The van der Waals surface area contributed by atoms with Crippen molar-refractivity contribution in [3.8, 4) is 0 Å². The van der Waals surface area contributed by atoms with Crippen LogP contribution in [0.4, 0.5) is 0 Å². The van der Waals surface area contributed by atoms with E-state index in [1.165, 1.54) is 5.56 Å². The molecule has 0 saturated carbocycles. The normalized spacial score (nSPS) is 25.5. The van der Waals surface area contributed by atoms with Crippen LogP contribution in [0.15, 0.2) is 41.8 Å². The number of nitrogens with zero attached hydrogens (tertiary/aromatic N) is 1. The lowest BCUT2D eigenvalue weighted by atomic mass is 10.0. The molecular formula is C21H24N2O2S2. The van der Waals surface area contributed by atoms with E-state index in [1.54, 1.807) is 23.1 Å². The van der Waals surface area contributed by atoms with Crippen molar-refractivity contribution in [1.82, 2.24) is 10.2 Å². The number of nitrogens with one attached hydrogen (secondary N) is 1. The van der Waals surface area contributed by atoms with Crippen molar-refractivity contribution < 1.29 is 9.59 Å². The summed E-state index contributed by atoms with van der Waals surface area (Å²) < 4.78 is 0. The predicted octanol–water partition coefficient (Wildman–Crippen LogP) is 3.97. The predicted molar refractivity (Wildman–Crippen MR) is 111 cm³/mol. The molecule has 1 aromatic heterocycles. The summed E-state index contributed by atoms with van der Waals surface area (Å²) in [6.45, 7) is 4.21. The van der Waals surface area contributed by atoms with E-state index in [1.807, 2.05) is 16.3 Å². The van der Waals surface area contributed by atoms with E-state index < -0.39 is 0 Å². The Labute approximate surface area is 168 Å². The molecule has 2 aromatic rings. The third-order valence-corrected chi connectivity index (χ3v) is 8.03. The molecule has 0 radical (unpaired) electrons. The molecule has 4 nitrogen and oxygen atoms in total. The van der Waals surface area contributed by atoms with Gasteiger partial charge in [0.15, 0.2) is 0 Å². The molecule has 6 heteroatoms. The number of rotatable bonds is 5.